The molecule has 0 aliphatic heterocycles. The van der Waals surface area contributed by atoms with Crippen LogP contribution in [-0.4, -0.2) is 28.2 Å². The van der Waals surface area contributed by atoms with Crippen LogP contribution >= 0.6 is 34.4 Å². The molecule has 0 spiro atoms. The first-order valence-corrected chi connectivity index (χ1v) is 11.4. The van der Waals surface area contributed by atoms with Crippen LogP contribution in [-0.2, 0) is 4.79 Å². The number of carbonyl (C=O) groups is 1. The lowest BCUT2D eigenvalue weighted by Crippen LogP contribution is -2.18. The molecule has 0 saturated heterocycles. The van der Waals surface area contributed by atoms with E-state index in [2.05, 4.69) is 20.5 Å². The Kier molecular flexibility index (Phi) is 6.26. The summed E-state index contributed by atoms with van der Waals surface area (Å²) >= 11 is 3.94. The molecule has 0 saturated carbocycles. The van der Waals surface area contributed by atoms with E-state index in [4.69, 9.17) is 10.5 Å². The van der Waals surface area contributed by atoms with Crippen molar-refractivity contribution in [3.05, 3.63) is 65.5 Å². The van der Waals surface area contributed by atoms with Gasteiger partial charge in [-0.2, -0.15) is 0 Å². The largest absolute Gasteiger partial charge is 0.497 e. The highest BCUT2D eigenvalue weighted by Gasteiger charge is 2.25. The lowest BCUT2D eigenvalue weighted by molar-refractivity contribution is -0.115. The molecule has 3 N–H and O–H groups in total. The third-order valence-corrected chi connectivity index (χ3v) is 6.95. The van der Waals surface area contributed by atoms with Crippen molar-refractivity contribution in [2.75, 3.05) is 18.2 Å². The molecular formula is C20H17N5O2S3. The number of benzene rings is 2. The standard InChI is InChI=1S/C20H17N5O2S3/c1-27-14-9-7-12(8-10-14)15-11-28-19(22-15)23-17(26)16(13-5-3-2-4-6-13)29-20-25-24-18(21)30-20/h2-11,16H,1H3,(H2,21,24)(H,22,23,26)/t16-/m1/s1. The van der Waals surface area contributed by atoms with Crippen LogP contribution in [0.1, 0.15) is 10.8 Å². The summed E-state index contributed by atoms with van der Waals surface area (Å²) in [5.41, 5.74) is 8.29. The van der Waals surface area contributed by atoms with Crippen molar-refractivity contribution in [1.29, 1.82) is 0 Å². The van der Waals surface area contributed by atoms with Crippen LogP contribution in [0.15, 0.2) is 64.3 Å². The van der Waals surface area contributed by atoms with Gasteiger partial charge in [-0.25, -0.2) is 4.98 Å². The van der Waals surface area contributed by atoms with Crippen LogP contribution in [0.4, 0.5) is 10.3 Å². The van der Waals surface area contributed by atoms with Gasteiger partial charge in [0.05, 0.1) is 12.8 Å². The van der Waals surface area contributed by atoms with Gasteiger partial charge in [-0.3, -0.25) is 4.79 Å². The molecule has 2 aromatic carbocycles. The van der Waals surface area contributed by atoms with E-state index in [9.17, 15) is 4.79 Å². The number of nitrogen functional groups attached to an aromatic ring is 1. The third kappa shape index (κ3) is 4.78. The predicted molar refractivity (Wildman–Crippen MR) is 122 cm³/mol. The number of thioether (sulfide) groups is 1. The SMILES string of the molecule is COc1ccc(-c2csc(NC(=O)[C@H](Sc3nnc(N)s3)c3ccccc3)n2)cc1. The summed E-state index contributed by atoms with van der Waals surface area (Å²) in [6.45, 7) is 0. The number of amides is 1. The highest BCUT2D eigenvalue weighted by Crippen LogP contribution is 2.38. The fourth-order valence-electron chi connectivity index (χ4n) is 2.67. The highest BCUT2D eigenvalue weighted by molar-refractivity contribution is 8.02. The van der Waals surface area contributed by atoms with Gasteiger partial charge in [0.2, 0.25) is 11.0 Å². The summed E-state index contributed by atoms with van der Waals surface area (Å²) in [7, 11) is 1.63. The van der Waals surface area contributed by atoms with Gasteiger partial charge in [0.15, 0.2) is 9.47 Å². The third-order valence-electron chi connectivity index (χ3n) is 4.10. The van der Waals surface area contributed by atoms with Crippen molar-refractivity contribution >= 4 is 50.6 Å². The molecule has 0 aliphatic rings. The number of anilines is 2. The van der Waals surface area contributed by atoms with E-state index in [1.54, 1.807) is 7.11 Å². The topological polar surface area (TPSA) is 103 Å². The number of methoxy groups -OCH3 is 1. The Morgan fingerprint density at radius 2 is 1.90 bits per heavy atom. The molecule has 0 aliphatic carbocycles. The number of rotatable bonds is 7. The first-order valence-electron chi connectivity index (χ1n) is 8.84. The summed E-state index contributed by atoms with van der Waals surface area (Å²) < 4.78 is 5.82. The molecule has 0 fully saturated rings. The average Bonchev–Trinajstić information content (AvgIpc) is 3.41. The molecule has 0 radical (unpaired) electrons. The van der Waals surface area contributed by atoms with E-state index in [-0.39, 0.29) is 5.91 Å². The molecular weight excluding hydrogens is 438 g/mol. The van der Waals surface area contributed by atoms with Crippen LogP contribution in [0.5, 0.6) is 5.75 Å². The molecule has 4 rings (SSSR count). The minimum Gasteiger partial charge on any atom is -0.497 e. The number of nitrogens with one attached hydrogen (secondary N) is 1. The smallest absolute Gasteiger partial charge is 0.244 e. The second-order valence-electron chi connectivity index (χ2n) is 6.07. The number of ether oxygens (including phenoxy) is 1. The van der Waals surface area contributed by atoms with Crippen molar-refractivity contribution in [2.45, 2.75) is 9.59 Å². The molecule has 2 heterocycles. The zero-order valence-electron chi connectivity index (χ0n) is 15.8. The lowest BCUT2D eigenvalue weighted by atomic mass is 10.1. The van der Waals surface area contributed by atoms with E-state index >= 15 is 0 Å². The highest BCUT2D eigenvalue weighted by atomic mass is 32.2. The maximum atomic E-state index is 13.1. The predicted octanol–water partition coefficient (Wildman–Crippen LogP) is 4.72. The number of carbonyl (C=O) groups excluding carboxylic acids is 1. The van der Waals surface area contributed by atoms with Gasteiger partial charge in [-0.05, 0) is 29.8 Å². The molecule has 152 valence electrons. The van der Waals surface area contributed by atoms with Gasteiger partial charge >= 0.3 is 0 Å². The first-order chi connectivity index (χ1) is 14.6. The molecule has 1 amide bonds. The number of aromatic nitrogens is 3. The summed E-state index contributed by atoms with van der Waals surface area (Å²) in [4.78, 5) is 17.7. The fraction of sp³-hybridized carbons (Fsp3) is 0.100. The van der Waals surface area contributed by atoms with Crippen molar-refractivity contribution in [3.8, 4) is 17.0 Å². The molecule has 4 aromatic rings. The molecule has 2 aromatic heterocycles. The lowest BCUT2D eigenvalue weighted by Gasteiger charge is -2.14. The van der Waals surface area contributed by atoms with Gasteiger partial charge in [-0.15, -0.1) is 21.5 Å². The Hall–Kier alpha value is -2.95. The second kappa shape index (κ2) is 9.24. The van der Waals surface area contributed by atoms with Crippen LogP contribution < -0.4 is 15.8 Å². The van der Waals surface area contributed by atoms with Gasteiger partial charge in [0.1, 0.15) is 11.0 Å². The summed E-state index contributed by atoms with van der Waals surface area (Å²) in [6.07, 6.45) is 0. The zero-order valence-corrected chi connectivity index (χ0v) is 18.3. The van der Waals surface area contributed by atoms with E-state index in [0.29, 0.717) is 14.6 Å². The van der Waals surface area contributed by atoms with Gasteiger partial charge in [-0.1, -0.05) is 53.4 Å². The molecule has 30 heavy (non-hydrogen) atoms. The molecule has 1 atom stereocenters. The second-order valence-corrected chi connectivity index (χ2v) is 9.29. The zero-order chi connectivity index (χ0) is 20.9. The van der Waals surface area contributed by atoms with Gasteiger partial charge in [0, 0.05) is 10.9 Å². The maximum Gasteiger partial charge on any atom is 0.244 e. The number of nitrogens with two attached hydrogens (primary N) is 1. The Morgan fingerprint density at radius 1 is 1.13 bits per heavy atom. The van der Waals surface area contributed by atoms with Gasteiger partial charge < -0.3 is 15.8 Å². The van der Waals surface area contributed by atoms with E-state index < -0.39 is 5.25 Å². The number of hydrogen-bond acceptors (Lipinski definition) is 9. The van der Waals surface area contributed by atoms with Crippen molar-refractivity contribution in [3.63, 3.8) is 0 Å². The van der Waals surface area contributed by atoms with E-state index in [1.165, 1.54) is 34.4 Å². The number of hydrogen-bond donors (Lipinski definition) is 2. The number of nitrogens with zero attached hydrogens (tertiary/aromatic N) is 3. The van der Waals surface area contributed by atoms with Crippen molar-refractivity contribution in [2.24, 2.45) is 0 Å². The van der Waals surface area contributed by atoms with E-state index in [0.717, 1.165) is 22.6 Å². The minimum absolute atomic E-state index is 0.185. The Balaban J connectivity index is 1.53. The quantitative estimate of drug-likeness (QED) is 0.389. The van der Waals surface area contributed by atoms with Crippen LogP contribution in [0.2, 0.25) is 0 Å². The summed E-state index contributed by atoms with van der Waals surface area (Å²) in [6, 6.07) is 17.1. The molecule has 10 heteroatoms. The number of thiazole rings is 1. The normalized spacial score (nSPS) is 11.8. The van der Waals surface area contributed by atoms with Crippen molar-refractivity contribution in [1.82, 2.24) is 15.2 Å². The maximum absolute atomic E-state index is 13.1. The van der Waals surface area contributed by atoms with Crippen LogP contribution in [0.3, 0.4) is 0 Å². The van der Waals surface area contributed by atoms with Crippen molar-refractivity contribution < 1.29 is 9.53 Å². The van der Waals surface area contributed by atoms with Gasteiger partial charge in [0.25, 0.3) is 0 Å². The molecule has 0 unspecified atom stereocenters. The molecule has 7 nitrogen and oxygen atoms in total. The van der Waals surface area contributed by atoms with Crippen LogP contribution in [0.25, 0.3) is 11.3 Å². The average molecular weight is 456 g/mol. The van der Waals surface area contributed by atoms with Crippen LogP contribution in [0, 0.1) is 0 Å². The van der Waals surface area contributed by atoms with E-state index in [1.807, 2.05) is 60.0 Å². The monoisotopic (exact) mass is 455 g/mol. The minimum atomic E-state index is -0.508. The first kappa shape index (κ1) is 20.3. The summed E-state index contributed by atoms with van der Waals surface area (Å²) in [5, 5.41) is 13.1. The summed E-state index contributed by atoms with van der Waals surface area (Å²) in [5.74, 6) is 0.596. The molecule has 0 bridgehead atoms. The Morgan fingerprint density at radius 3 is 2.57 bits per heavy atom. The fourth-order valence-corrected chi connectivity index (χ4v) is 5.22. The Bertz CT molecular complexity index is 1130. The Labute approximate surface area is 185 Å².